The lowest BCUT2D eigenvalue weighted by Gasteiger charge is -2.17. The molecule has 1 unspecified atom stereocenters. The second-order valence-electron chi connectivity index (χ2n) is 4.22. The minimum Gasteiger partial charge on any atom is -0.356 e. The van der Waals surface area contributed by atoms with Crippen LogP contribution in [0.15, 0.2) is 23.7 Å². The van der Waals surface area contributed by atoms with E-state index in [2.05, 4.69) is 27.4 Å². The number of hydrogen-bond donors (Lipinski definition) is 0. The molecule has 0 saturated carbocycles. The highest BCUT2D eigenvalue weighted by molar-refractivity contribution is 7.17. The predicted octanol–water partition coefficient (Wildman–Crippen LogP) is 3.36. The summed E-state index contributed by atoms with van der Waals surface area (Å²) in [6, 6.07) is 4.24. The molecule has 3 rings (SSSR count). The topological polar surface area (TPSA) is 16.1 Å². The number of anilines is 1. The van der Waals surface area contributed by atoms with E-state index in [1.165, 1.54) is 16.5 Å². The molecule has 1 aliphatic heterocycles. The molecule has 0 N–H and O–H groups in total. The van der Waals surface area contributed by atoms with Gasteiger partial charge in [0.1, 0.15) is 5.82 Å². The average molecular weight is 253 g/mol. The average Bonchev–Trinajstić information content (AvgIpc) is 2.97. The van der Waals surface area contributed by atoms with Gasteiger partial charge in [-0.15, -0.1) is 22.9 Å². The molecular weight excluding hydrogens is 240 g/mol. The third-order valence-corrected chi connectivity index (χ3v) is 4.48. The van der Waals surface area contributed by atoms with Crippen LogP contribution >= 0.6 is 22.9 Å². The highest BCUT2D eigenvalue weighted by Crippen LogP contribution is 2.31. The van der Waals surface area contributed by atoms with E-state index in [4.69, 9.17) is 11.6 Å². The zero-order valence-electron chi connectivity index (χ0n) is 8.90. The first kappa shape index (κ1) is 10.4. The highest BCUT2D eigenvalue weighted by atomic mass is 35.5. The third kappa shape index (κ3) is 1.68. The number of nitrogens with zero attached hydrogens (tertiary/aromatic N) is 2. The molecule has 1 aliphatic rings. The first-order chi connectivity index (χ1) is 7.88. The maximum Gasteiger partial charge on any atom is 0.137 e. The zero-order chi connectivity index (χ0) is 11.0. The molecule has 1 atom stereocenters. The molecule has 1 saturated heterocycles. The second-order valence-corrected chi connectivity index (χ2v) is 5.48. The van der Waals surface area contributed by atoms with E-state index in [1.54, 1.807) is 11.3 Å². The van der Waals surface area contributed by atoms with E-state index in [0.29, 0.717) is 5.92 Å². The van der Waals surface area contributed by atoms with Crippen molar-refractivity contribution in [3.8, 4) is 0 Å². The van der Waals surface area contributed by atoms with Gasteiger partial charge in [-0.05, 0) is 29.9 Å². The third-order valence-electron chi connectivity index (χ3n) is 3.16. The van der Waals surface area contributed by atoms with Crippen molar-refractivity contribution in [3.63, 3.8) is 0 Å². The van der Waals surface area contributed by atoms with Crippen molar-refractivity contribution in [2.75, 3.05) is 23.9 Å². The summed E-state index contributed by atoms with van der Waals surface area (Å²) < 4.78 is 1.32. The first-order valence-electron chi connectivity index (χ1n) is 5.51. The van der Waals surface area contributed by atoms with Crippen molar-refractivity contribution in [3.05, 3.63) is 23.7 Å². The Morgan fingerprint density at radius 3 is 3.25 bits per heavy atom. The number of thiophene rings is 1. The van der Waals surface area contributed by atoms with E-state index in [9.17, 15) is 0 Å². The molecule has 0 spiro atoms. The van der Waals surface area contributed by atoms with Crippen LogP contribution in [0.1, 0.15) is 6.42 Å². The highest BCUT2D eigenvalue weighted by Gasteiger charge is 2.23. The van der Waals surface area contributed by atoms with Gasteiger partial charge in [-0.1, -0.05) is 0 Å². The van der Waals surface area contributed by atoms with Crippen molar-refractivity contribution in [1.29, 1.82) is 0 Å². The van der Waals surface area contributed by atoms with Crippen molar-refractivity contribution in [2.45, 2.75) is 6.42 Å². The van der Waals surface area contributed by atoms with Gasteiger partial charge < -0.3 is 4.90 Å². The minimum atomic E-state index is 0.623. The molecule has 1 fully saturated rings. The summed E-state index contributed by atoms with van der Waals surface area (Å²) in [5.74, 6) is 2.51. The van der Waals surface area contributed by atoms with Crippen LogP contribution in [0.5, 0.6) is 0 Å². The molecule has 0 bridgehead atoms. The zero-order valence-corrected chi connectivity index (χ0v) is 10.5. The largest absolute Gasteiger partial charge is 0.356 e. The number of rotatable bonds is 2. The Kier molecular flexibility index (Phi) is 2.74. The van der Waals surface area contributed by atoms with Crippen LogP contribution in [-0.2, 0) is 0 Å². The minimum absolute atomic E-state index is 0.623. The quantitative estimate of drug-likeness (QED) is 0.762. The predicted molar refractivity (Wildman–Crippen MR) is 70.7 cm³/mol. The summed E-state index contributed by atoms with van der Waals surface area (Å²) in [6.45, 7) is 2.13. The van der Waals surface area contributed by atoms with E-state index in [0.717, 1.165) is 24.8 Å². The van der Waals surface area contributed by atoms with Crippen LogP contribution in [-0.4, -0.2) is 24.0 Å². The molecule has 2 aromatic heterocycles. The lowest BCUT2D eigenvalue weighted by Crippen LogP contribution is -2.21. The monoisotopic (exact) mass is 252 g/mol. The van der Waals surface area contributed by atoms with Gasteiger partial charge in [0.05, 0.1) is 0 Å². The van der Waals surface area contributed by atoms with Gasteiger partial charge in [-0.3, -0.25) is 0 Å². The standard InChI is InChI=1S/C12H13ClN2S/c13-7-9-2-5-15(8-9)12-10-3-6-16-11(10)1-4-14-12/h1,3-4,6,9H,2,5,7-8H2. The van der Waals surface area contributed by atoms with Gasteiger partial charge in [-0.2, -0.15) is 0 Å². The van der Waals surface area contributed by atoms with E-state index < -0.39 is 0 Å². The number of alkyl halides is 1. The van der Waals surface area contributed by atoms with Crippen molar-refractivity contribution in [1.82, 2.24) is 4.98 Å². The molecule has 2 aromatic rings. The number of hydrogen-bond acceptors (Lipinski definition) is 3. The molecule has 0 radical (unpaired) electrons. The number of aromatic nitrogens is 1. The Bertz CT molecular complexity index is 496. The summed E-state index contributed by atoms with van der Waals surface area (Å²) in [5, 5.41) is 3.41. The molecule has 2 nitrogen and oxygen atoms in total. The van der Waals surface area contributed by atoms with Crippen LogP contribution < -0.4 is 4.90 Å². The lowest BCUT2D eigenvalue weighted by molar-refractivity contribution is 0.666. The fraction of sp³-hybridized carbons (Fsp3) is 0.417. The SMILES string of the molecule is ClCC1CCN(c2nccc3sccc23)C1. The maximum atomic E-state index is 5.91. The fourth-order valence-corrected chi connectivity index (χ4v) is 3.31. The summed E-state index contributed by atoms with van der Waals surface area (Å²) in [4.78, 5) is 6.88. The first-order valence-corrected chi connectivity index (χ1v) is 6.93. The Hall–Kier alpha value is -0.800. The second kappa shape index (κ2) is 4.22. The number of fused-ring (bicyclic) bond motifs is 1. The lowest BCUT2D eigenvalue weighted by atomic mass is 10.2. The van der Waals surface area contributed by atoms with Gasteiger partial charge in [0, 0.05) is 35.3 Å². The van der Waals surface area contributed by atoms with E-state index >= 15 is 0 Å². The summed E-state index contributed by atoms with van der Waals surface area (Å²) >= 11 is 7.69. The van der Waals surface area contributed by atoms with Crippen molar-refractivity contribution >= 4 is 38.8 Å². The van der Waals surface area contributed by atoms with Crippen molar-refractivity contribution in [2.24, 2.45) is 5.92 Å². The fourth-order valence-electron chi connectivity index (χ4n) is 2.28. The van der Waals surface area contributed by atoms with Crippen LogP contribution in [0, 0.1) is 5.92 Å². The van der Waals surface area contributed by atoms with Gasteiger partial charge in [0.15, 0.2) is 0 Å². The number of halogens is 1. The van der Waals surface area contributed by atoms with Crippen LogP contribution in [0.2, 0.25) is 0 Å². The van der Waals surface area contributed by atoms with Gasteiger partial charge in [0.25, 0.3) is 0 Å². The van der Waals surface area contributed by atoms with Crippen LogP contribution in [0.25, 0.3) is 10.1 Å². The maximum absolute atomic E-state index is 5.91. The Labute approximate surface area is 104 Å². The van der Waals surface area contributed by atoms with Gasteiger partial charge in [-0.25, -0.2) is 4.98 Å². The molecule has 4 heteroatoms. The molecule has 16 heavy (non-hydrogen) atoms. The molecule has 3 heterocycles. The molecule has 84 valence electrons. The van der Waals surface area contributed by atoms with Gasteiger partial charge in [0.2, 0.25) is 0 Å². The summed E-state index contributed by atoms with van der Waals surface area (Å²) in [6.07, 6.45) is 3.09. The van der Waals surface area contributed by atoms with Gasteiger partial charge >= 0.3 is 0 Å². The smallest absolute Gasteiger partial charge is 0.137 e. The Balaban J connectivity index is 1.97. The molecule has 0 amide bonds. The Morgan fingerprint density at radius 2 is 2.44 bits per heavy atom. The van der Waals surface area contributed by atoms with E-state index in [1.807, 2.05) is 6.20 Å². The van der Waals surface area contributed by atoms with Crippen molar-refractivity contribution < 1.29 is 0 Å². The Morgan fingerprint density at radius 1 is 1.50 bits per heavy atom. The summed E-state index contributed by atoms with van der Waals surface area (Å²) in [7, 11) is 0. The normalized spacial score (nSPS) is 20.8. The molecule has 0 aromatic carbocycles. The summed E-state index contributed by atoms with van der Waals surface area (Å²) in [5.41, 5.74) is 0. The number of pyridine rings is 1. The van der Waals surface area contributed by atoms with Crippen LogP contribution in [0.4, 0.5) is 5.82 Å². The molecular formula is C12H13ClN2S. The van der Waals surface area contributed by atoms with Crippen LogP contribution in [0.3, 0.4) is 0 Å². The van der Waals surface area contributed by atoms with E-state index in [-0.39, 0.29) is 0 Å². The molecule has 0 aliphatic carbocycles.